The summed E-state index contributed by atoms with van der Waals surface area (Å²) < 4.78 is 10.1. The molecule has 0 aromatic carbocycles. The molecule has 116 valence electrons. The quantitative estimate of drug-likeness (QED) is 0.651. The zero-order valence-electron chi connectivity index (χ0n) is 12.4. The standard InChI is InChI=1S/C13H25N3O4/c1-9(2)11(15-12(17)10(14)8-19-3)13(18)16-4-6-20-7-5-16/h9-11H,4-8,14H2,1-3H3,(H,15,17). The van der Waals surface area contributed by atoms with Gasteiger partial charge in [0.15, 0.2) is 0 Å². The van der Waals surface area contributed by atoms with Gasteiger partial charge in [-0.15, -0.1) is 0 Å². The average molecular weight is 287 g/mol. The third kappa shape index (κ3) is 4.73. The third-order valence-corrected chi connectivity index (χ3v) is 3.24. The van der Waals surface area contributed by atoms with Crippen molar-refractivity contribution in [3.63, 3.8) is 0 Å². The van der Waals surface area contributed by atoms with Crippen LogP contribution >= 0.6 is 0 Å². The molecule has 0 spiro atoms. The van der Waals surface area contributed by atoms with E-state index < -0.39 is 12.1 Å². The fraction of sp³-hybridized carbons (Fsp3) is 0.846. The second-order valence-electron chi connectivity index (χ2n) is 5.23. The lowest BCUT2D eigenvalue weighted by molar-refractivity contribution is -0.141. The first kappa shape index (κ1) is 16.9. The van der Waals surface area contributed by atoms with Gasteiger partial charge in [-0.1, -0.05) is 13.8 Å². The second kappa shape index (κ2) is 8.18. The van der Waals surface area contributed by atoms with E-state index in [9.17, 15) is 9.59 Å². The number of amides is 2. The topological polar surface area (TPSA) is 93.9 Å². The Morgan fingerprint density at radius 3 is 2.45 bits per heavy atom. The van der Waals surface area contributed by atoms with Crippen LogP contribution in [0.15, 0.2) is 0 Å². The van der Waals surface area contributed by atoms with Crippen LogP contribution in [-0.4, -0.2) is 68.8 Å². The van der Waals surface area contributed by atoms with Gasteiger partial charge in [-0.3, -0.25) is 9.59 Å². The summed E-state index contributed by atoms with van der Waals surface area (Å²) in [5.74, 6) is -0.461. The molecule has 20 heavy (non-hydrogen) atoms. The third-order valence-electron chi connectivity index (χ3n) is 3.24. The first-order chi connectivity index (χ1) is 9.47. The molecule has 2 atom stereocenters. The summed E-state index contributed by atoms with van der Waals surface area (Å²) in [4.78, 5) is 26.1. The minimum atomic E-state index is -0.765. The van der Waals surface area contributed by atoms with Gasteiger partial charge in [-0.25, -0.2) is 0 Å². The fourth-order valence-electron chi connectivity index (χ4n) is 2.01. The molecule has 0 saturated carbocycles. The molecule has 0 aromatic heterocycles. The minimum absolute atomic E-state index is 0.0101. The maximum Gasteiger partial charge on any atom is 0.245 e. The molecule has 1 saturated heterocycles. The monoisotopic (exact) mass is 287 g/mol. The van der Waals surface area contributed by atoms with Gasteiger partial charge in [0.2, 0.25) is 11.8 Å². The lowest BCUT2D eigenvalue weighted by atomic mass is 10.0. The summed E-state index contributed by atoms with van der Waals surface area (Å²) in [7, 11) is 1.48. The van der Waals surface area contributed by atoms with Crippen LogP contribution in [0.25, 0.3) is 0 Å². The maximum atomic E-state index is 12.4. The molecule has 7 nitrogen and oxygen atoms in total. The van der Waals surface area contributed by atoms with Crippen molar-refractivity contribution >= 4 is 11.8 Å². The van der Waals surface area contributed by atoms with Crippen LogP contribution in [0.2, 0.25) is 0 Å². The number of methoxy groups -OCH3 is 1. The van der Waals surface area contributed by atoms with Crippen molar-refractivity contribution in [2.24, 2.45) is 11.7 Å². The van der Waals surface area contributed by atoms with Crippen LogP contribution in [0.5, 0.6) is 0 Å². The Morgan fingerprint density at radius 1 is 1.35 bits per heavy atom. The Morgan fingerprint density at radius 2 is 1.95 bits per heavy atom. The van der Waals surface area contributed by atoms with Crippen molar-refractivity contribution in [2.45, 2.75) is 25.9 Å². The van der Waals surface area contributed by atoms with Gasteiger partial charge in [0.05, 0.1) is 19.8 Å². The zero-order chi connectivity index (χ0) is 15.1. The van der Waals surface area contributed by atoms with Crippen LogP contribution in [0.1, 0.15) is 13.8 Å². The van der Waals surface area contributed by atoms with Crippen molar-refractivity contribution in [3.05, 3.63) is 0 Å². The Kier molecular flexibility index (Phi) is 6.90. The number of hydrogen-bond donors (Lipinski definition) is 2. The van der Waals surface area contributed by atoms with E-state index in [0.717, 1.165) is 0 Å². The van der Waals surface area contributed by atoms with Crippen molar-refractivity contribution in [1.29, 1.82) is 0 Å². The van der Waals surface area contributed by atoms with E-state index >= 15 is 0 Å². The molecule has 1 rings (SSSR count). The summed E-state index contributed by atoms with van der Waals surface area (Å²) >= 11 is 0. The summed E-state index contributed by atoms with van der Waals surface area (Å²) in [6, 6.07) is -1.33. The van der Waals surface area contributed by atoms with Crippen LogP contribution in [0.4, 0.5) is 0 Å². The van der Waals surface area contributed by atoms with E-state index in [4.69, 9.17) is 15.2 Å². The van der Waals surface area contributed by atoms with Crippen LogP contribution in [0.3, 0.4) is 0 Å². The second-order valence-corrected chi connectivity index (χ2v) is 5.23. The molecule has 1 aliphatic heterocycles. The van der Waals surface area contributed by atoms with Gasteiger partial charge in [0.1, 0.15) is 12.1 Å². The lowest BCUT2D eigenvalue weighted by Gasteiger charge is -2.32. The summed E-state index contributed by atoms with van der Waals surface area (Å²) in [5, 5.41) is 2.72. The van der Waals surface area contributed by atoms with E-state index in [1.54, 1.807) is 4.90 Å². The number of carbonyl (C=O) groups excluding carboxylic acids is 2. The summed E-state index contributed by atoms with van der Waals surface area (Å²) in [6.07, 6.45) is 0. The number of nitrogens with two attached hydrogens (primary N) is 1. The first-order valence-corrected chi connectivity index (χ1v) is 6.88. The van der Waals surface area contributed by atoms with E-state index in [2.05, 4.69) is 5.32 Å². The molecule has 1 fully saturated rings. The Balaban J connectivity index is 2.63. The molecule has 2 amide bonds. The predicted octanol–water partition coefficient (Wildman–Crippen LogP) is -1.04. The van der Waals surface area contributed by atoms with E-state index in [-0.39, 0.29) is 24.3 Å². The maximum absolute atomic E-state index is 12.4. The SMILES string of the molecule is COCC(N)C(=O)NC(C(=O)N1CCOCC1)C(C)C. The number of morpholine rings is 1. The highest BCUT2D eigenvalue weighted by Crippen LogP contribution is 2.08. The number of nitrogens with zero attached hydrogens (tertiary/aromatic N) is 1. The smallest absolute Gasteiger partial charge is 0.245 e. The normalized spacial score (nSPS) is 18.8. The molecule has 0 aromatic rings. The van der Waals surface area contributed by atoms with Gasteiger partial charge in [0.25, 0.3) is 0 Å². The molecule has 0 bridgehead atoms. The summed E-state index contributed by atoms with van der Waals surface area (Å²) in [5.41, 5.74) is 5.67. The summed E-state index contributed by atoms with van der Waals surface area (Å²) in [6.45, 7) is 6.10. The van der Waals surface area contributed by atoms with E-state index in [1.807, 2.05) is 13.8 Å². The molecule has 7 heteroatoms. The number of nitrogens with one attached hydrogen (secondary N) is 1. The largest absolute Gasteiger partial charge is 0.383 e. The van der Waals surface area contributed by atoms with Gasteiger partial charge in [0, 0.05) is 20.2 Å². The average Bonchev–Trinajstić information content (AvgIpc) is 2.44. The van der Waals surface area contributed by atoms with Crippen LogP contribution < -0.4 is 11.1 Å². The zero-order valence-corrected chi connectivity index (χ0v) is 12.4. The number of rotatable bonds is 6. The number of carbonyl (C=O) groups is 2. The Bertz CT molecular complexity index is 330. The number of hydrogen-bond acceptors (Lipinski definition) is 5. The van der Waals surface area contributed by atoms with Gasteiger partial charge < -0.3 is 25.4 Å². The molecule has 2 unspecified atom stereocenters. The van der Waals surface area contributed by atoms with Gasteiger partial charge in [-0.2, -0.15) is 0 Å². The first-order valence-electron chi connectivity index (χ1n) is 6.88. The Labute approximate surface area is 119 Å². The molecular formula is C13H25N3O4. The minimum Gasteiger partial charge on any atom is -0.383 e. The fourth-order valence-corrected chi connectivity index (χ4v) is 2.01. The highest BCUT2D eigenvalue weighted by molar-refractivity contribution is 5.90. The van der Waals surface area contributed by atoms with Gasteiger partial charge in [-0.05, 0) is 5.92 Å². The predicted molar refractivity (Wildman–Crippen MR) is 74.0 cm³/mol. The highest BCUT2D eigenvalue weighted by Gasteiger charge is 2.30. The highest BCUT2D eigenvalue weighted by atomic mass is 16.5. The lowest BCUT2D eigenvalue weighted by Crippen LogP contribution is -2.57. The molecule has 1 aliphatic rings. The van der Waals surface area contributed by atoms with Crippen molar-refractivity contribution in [2.75, 3.05) is 40.0 Å². The van der Waals surface area contributed by atoms with E-state index in [0.29, 0.717) is 26.3 Å². The molecule has 0 radical (unpaired) electrons. The Hall–Kier alpha value is -1.18. The van der Waals surface area contributed by atoms with Crippen LogP contribution in [0, 0.1) is 5.92 Å². The number of ether oxygens (including phenoxy) is 2. The van der Waals surface area contributed by atoms with Crippen molar-refractivity contribution < 1.29 is 19.1 Å². The molecule has 1 heterocycles. The van der Waals surface area contributed by atoms with Crippen molar-refractivity contribution in [1.82, 2.24) is 10.2 Å². The van der Waals surface area contributed by atoms with Gasteiger partial charge >= 0.3 is 0 Å². The molecule has 3 N–H and O–H groups in total. The van der Waals surface area contributed by atoms with E-state index in [1.165, 1.54) is 7.11 Å². The van der Waals surface area contributed by atoms with Crippen molar-refractivity contribution in [3.8, 4) is 0 Å². The molecular weight excluding hydrogens is 262 g/mol. The molecule has 0 aliphatic carbocycles. The van der Waals surface area contributed by atoms with Crippen LogP contribution in [-0.2, 0) is 19.1 Å².